The van der Waals surface area contributed by atoms with Gasteiger partial charge >= 0.3 is 0 Å². The van der Waals surface area contributed by atoms with Crippen LogP contribution in [-0.2, 0) is 16.1 Å². The van der Waals surface area contributed by atoms with Gasteiger partial charge < -0.3 is 19.9 Å². The van der Waals surface area contributed by atoms with E-state index in [4.69, 9.17) is 20.9 Å². The van der Waals surface area contributed by atoms with E-state index in [0.29, 0.717) is 31.5 Å². The highest BCUT2D eigenvalue weighted by Gasteiger charge is 2.72. The van der Waals surface area contributed by atoms with Crippen molar-refractivity contribution in [2.45, 2.75) is 31.3 Å². The number of nitrogens with one attached hydrogen (secondary N) is 2. The molecule has 2 N–H and O–H groups in total. The van der Waals surface area contributed by atoms with E-state index in [1.165, 1.54) is 18.4 Å². The number of benzene rings is 1. The summed E-state index contributed by atoms with van der Waals surface area (Å²) in [6, 6.07) is 5.68. The normalized spacial score (nSPS) is 25.1. The van der Waals surface area contributed by atoms with Crippen LogP contribution in [0.2, 0.25) is 5.02 Å². The Bertz CT molecular complexity index is 867. The lowest BCUT2D eigenvalue weighted by atomic mass is 9.39. The van der Waals surface area contributed by atoms with Crippen LogP contribution >= 0.6 is 11.6 Å². The van der Waals surface area contributed by atoms with Gasteiger partial charge in [0.1, 0.15) is 23.5 Å². The van der Waals surface area contributed by atoms with Crippen molar-refractivity contribution in [2.75, 3.05) is 6.61 Å². The summed E-state index contributed by atoms with van der Waals surface area (Å²) < 4.78 is 23.4. The van der Waals surface area contributed by atoms with E-state index in [9.17, 15) is 14.0 Å². The average molecular weight is 394 g/mol. The van der Waals surface area contributed by atoms with Gasteiger partial charge in [-0.25, -0.2) is 4.39 Å². The zero-order chi connectivity index (χ0) is 19.1. The highest BCUT2D eigenvalue weighted by atomic mass is 35.5. The SMILES string of the molecule is O=C(COc1ccc(Cl)c(F)c1)NC12CC(C(=O)NCc3ccon3)(C1)C2. The molecule has 0 atom stereocenters. The second-order valence-electron chi connectivity index (χ2n) is 7.18. The fraction of sp³-hybridized carbons (Fsp3) is 0.389. The van der Waals surface area contributed by atoms with Crippen molar-refractivity contribution in [2.24, 2.45) is 5.41 Å². The van der Waals surface area contributed by atoms with Gasteiger partial charge in [-0.05, 0) is 31.4 Å². The predicted octanol–water partition coefficient (Wildman–Crippen LogP) is 2.20. The second kappa shape index (κ2) is 6.53. The first-order valence-electron chi connectivity index (χ1n) is 8.46. The number of nitrogens with zero attached hydrogens (tertiary/aromatic N) is 1. The van der Waals surface area contributed by atoms with E-state index in [2.05, 4.69) is 15.8 Å². The van der Waals surface area contributed by atoms with Crippen LogP contribution in [0.5, 0.6) is 5.75 Å². The van der Waals surface area contributed by atoms with Crippen molar-refractivity contribution in [1.29, 1.82) is 0 Å². The third kappa shape index (κ3) is 3.37. The molecule has 27 heavy (non-hydrogen) atoms. The lowest BCUT2D eigenvalue weighted by molar-refractivity contribution is -0.184. The molecular weight excluding hydrogens is 377 g/mol. The predicted molar refractivity (Wildman–Crippen MR) is 92.4 cm³/mol. The third-order valence-corrected chi connectivity index (χ3v) is 5.41. The van der Waals surface area contributed by atoms with E-state index >= 15 is 0 Å². The maximum absolute atomic E-state index is 13.4. The zero-order valence-electron chi connectivity index (χ0n) is 14.3. The highest BCUT2D eigenvalue weighted by molar-refractivity contribution is 6.30. The molecule has 2 bridgehead atoms. The summed E-state index contributed by atoms with van der Waals surface area (Å²) in [5, 5.41) is 9.50. The van der Waals surface area contributed by atoms with E-state index < -0.39 is 11.2 Å². The van der Waals surface area contributed by atoms with Gasteiger partial charge in [0.15, 0.2) is 6.61 Å². The minimum atomic E-state index is -0.604. The second-order valence-corrected chi connectivity index (χ2v) is 7.58. The fourth-order valence-electron chi connectivity index (χ4n) is 3.90. The fourth-order valence-corrected chi connectivity index (χ4v) is 4.01. The number of ether oxygens (including phenoxy) is 1. The standard InChI is InChI=1S/C18H17ClFN3O4/c19-13-2-1-12(5-14(13)20)26-7-15(24)22-18-8-17(9-18,10-18)16(25)21-6-11-3-4-27-23-11/h1-5H,6-10H2,(H,21,25)(H,22,24). The Morgan fingerprint density at radius 1 is 1.30 bits per heavy atom. The maximum atomic E-state index is 13.4. The first-order valence-corrected chi connectivity index (χ1v) is 8.84. The molecule has 9 heteroatoms. The summed E-state index contributed by atoms with van der Waals surface area (Å²) in [6.07, 6.45) is 3.26. The smallest absolute Gasteiger partial charge is 0.258 e. The Kier molecular flexibility index (Phi) is 4.30. The number of aromatic nitrogens is 1. The molecule has 5 rings (SSSR count). The van der Waals surface area contributed by atoms with Crippen molar-refractivity contribution in [3.8, 4) is 5.75 Å². The van der Waals surface area contributed by atoms with Crippen molar-refractivity contribution < 1.29 is 23.2 Å². The van der Waals surface area contributed by atoms with Gasteiger partial charge in [0.2, 0.25) is 5.91 Å². The zero-order valence-corrected chi connectivity index (χ0v) is 15.0. The van der Waals surface area contributed by atoms with Crippen LogP contribution in [-0.4, -0.2) is 29.1 Å². The quantitative estimate of drug-likeness (QED) is 0.752. The van der Waals surface area contributed by atoms with Gasteiger partial charge in [-0.2, -0.15) is 0 Å². The first kappa shape index (κ1) is 17.8. The molecule has 1 aromatic carbocycles. The van der Waals surface area contributed by atoms with Crippen LogP contribution in [0.4, 0.5) is 4.39 Å². The van der Waals surface area contributed by atoms with E-state index in [-0.39, 0.29) is 34.7 Å². The van der Waals surface area contributed by atoms with Gasteiger partial charge in [0.05, 0.1) is 17.0 Å². The van der Waals surface area contributed by atoms with Gasteiger partial charge in [0.25, 0.3) is 5.91 Å². The van der Waals surface area contributed by atoms with Crippen LogP contribution in [0.25, 0.3) is 0 Å². The van der Waals surface area contributed by atoms with Crippen molar-refractivity contribution in [3.05, 3.63) is 47.1 Å². The lowest BCUT2D eigenvalue weighted by Crippen LogP contribution is -2.78. The Morgan fingerprint density at radius 2 is 2.07 bits per heavy atom. The molecule has 3 aliphatic carbocycles. The van der Waals surface area contributed by atoms with Crippen LogP contribution in [0, 0.1) is 11.2 Å². The van der Waals surface area contributed by atoms with Gasteiger partial charge in [-0.1, -0.05) is 16.8 Å². The van der Waals surface area contributed by atoms with E-state index in [0.717, 1.165) is 6.07 Å². The summed E-state index contributed by atoms with van der Waals surface area (Å²) >= 11 is 5.60. The number of hydrogen-bond donors (Lipinski definition) is 2. The summed E-state index contributed by atoms with van der Waals surface area (Å²) in [6.45, 7) is 0.0934. The van der Waals surface area contributed by atoms with Gasteiger partial charge in [-0.3, -0.25) is 9.59 Å². The molecular formula is C18H17ClFN3O4. The van der Waals surface area contributed by atoms with Gasteiger partial charge in [-0.15, -0.1) is 0 Å². The minimum absolute atomic E-state index is 0.00667. The lowest BCUT2D eigenvalue weighted by Gasteiger charge is -2.69. The summed E-state index contributed by atoms with van der Waals surface area (Å²) in [4.78, 5) is 24.4. The maximum Gasteiger partial charge on any atom is 0.258 e. The topological polar surface area (TPSA) is 93.5 Å². The number of halogens is 2. The molecule has 1 aromatic heterocycles. The number of hydrogen-bond acceptors (Lipinski definition) is 5. The molecule has 3 saturated carbocycles. The molecule has 142 valence electrons. The van der Waals surface area contributed by atoms with Crippen LogP contribution in [0.3, 0.4) is 0 Å². The molecule has 2 aromatic rings. The van der Waals surface area contributed by atoms with Crippen molar-refractivity contribution in [3.63, 3.8) is 0 Å². The third-order valence-electron chi connectivity index (χ3n) is 5.10. The highest BCUT2D eigenvalue weighted by Crippen LogP contribution is 2.67. The van der Waals surface area contributed by atoms with Crippen LogP contribution in [0.15, 0.2) is 35.1 Å². The Labute approximate surface area is 159 Å². The monoisotopic (exact) mass is 393 g/mol. The largest absolute Gasteiger partial charge is 0.484 e. The molecule has 3 aliphatic rings. The minimum Gasteiger partial charge on any atom is -0.484 e. The molecule has 0 unspecified atom stereocenters. The van der Waals surface area contributed by atoms with E-state index in [1.54, 1.807) is 6.07 Å². The number of amides is 2. The molecule has 2 amide bonds. The Hall–Kier alpha value is -2.61. The number of carbonyl (C=O) groups is 2. The van der Waals surface area contributed by atoms with E-state index in [1.807, 2.05) is 0 Å². The Morgan fingerprint density at radius 3 is 2.74 bits per heavy atom. The van der Waals surface area contributed by atoms with Gasteiger partial charge in [0, 0.05) is 17.7 Å². The Balaban J connectivity index is 1.21. The number of rotatable bonds is 7. The molecule has 3 fully saturated rings. The van der Waals surface area contributed by atoms with Crippen molar-refractivity contribution in [1.82, 2.24) is 15.8 Å². The molecule has 7 nitrogen and oxygen atoms in total. The molecule has 0 spiro atoms. The molecule has 0 saturated heterocycles. The molecule has 1 heterocycles. The van der Waals surface area contributed by atoms with Crippen LogP contribution in [0.1, 0.15) is 25.0 Å². The summed E-state index contributed by atoms with van der Waals surface area (Å²) in [5.74, 6) is -0.711. The van der Waals surface area contributed by atoms with Crippen LogP contribution < -0.4 is 15.4 Å². The van der Waals surface area contributed by atoms with Crippen molar-refractivity contribution >= 4 is 23.4 Å². The summed E-state index contributed by atoms with van der Waals surface area (Å²) in [5.41, 5.74) is -0.0811. The average Bonchev–Trinajstić information content (AvgIpc) is 3.09. The molecule has 0 radical (unpaired) electrons. The number of carbonyl (C=O) groups excluding carboxylic acids is 2. The molecule has 0 aliphatic heterocycles. The first-order chi connectivity index (χ1) is 12.9. The summed E-state index contributed by atoms with van der Waals surface area (Å²) in [7, 11) is 0.